The molecule has 5 rings (SSSR count). The van der Waals surface area contributed by atoms with E-state index in [1.54, 1.807) is 6.20 Å². The second-order valence-corrected chi connectivity index (χ2v) is 8.13. The molecule has 1 aliphatic heterocycles. The van der Waals surface area contributed by atoms with E-state index in [1.807, 2.05) is 0 Å². The van der Waals surface area contributed by atoms with E-state index in [2.05, 4.69) is 50.7 Å². The summed E-state index contributed by atoms with van der Waals surface area (Å²) in [5.41, 5.74) is 2.12. The standard InChI is InChI=1S/C21H26N4O/c26-21-18-13-22-25(20(18)23-19(24-21)11-14-9-10-14)17-8-4-7-16(12-17)15-5-2-1-3-6-15/h1-3,5-6,13-14,16-17,19,23H,4,7-12H2,(H,24,26). The Kier molecular flexibility index (Phi) is 3.95. The minimum atomic E-state index is 0.0195. The zero-order valence-electron chi connectivity index (χ0n) is 15.0. The van der Waals surface area contributed by atoms with Crippen molar-refractivity contribution >= 4 is 11.7 Å². The number of hydrogen-bond donors (Lipinski definition) is 2. The van der Waals surface area contributed by atoms with Crippen LogP contribution in [-0.2, 0) is 0 Å². The quantitative estimate of drug-likeness (QED) is 0.874. The average molecular weight is 350 g/mol. The van der Waals surface area contributed by atoms with Gasteiger partial charge in [0, 0.05) is 0 Å². The van der Waals surface area contributed by atoms with Gasteiger partial charge in [0.25, 0.3) is 5.91 Å². The molecule has 3 aliphatic rings. The number of carbonyl (C=O) groups excluding carboxylic acids is 1. The second kappa shape index (κ2) is 6.45. The van der Waals surface area contributed by atoms with Gasteiger partial charge in [-0.15, -0.1) is 0 Å². The lowest BCUT2D eigenvalue weighted by Crippen LogP contribution is -2.45. The first kappa shape index (κ1) is 15.9. The van der Waals surface area contributed by atoms with Gasteiger partial charge in [0.15, 0.2) is 0 Å². The van der Waals surface area contributed by atoms with Crippen molar-refractivity contribution in [2.45, 2.75) is 63.1 Å². The fourth-order valence-electron chi connectivity index (χ4n) is 4.61. The second-order valence-electron chi connectivity index (χ2n) is 8.13. The number of nitrogens with one attached hydrogen (secondary N) is 2. The van der Waals surface area contributed by atoms with Crippen LogP contribution in [0.1, 0.15) is 72.8 Å². The first-order chi connectivity index (χ1) is 12.8. The number of amides is 1. The zero-order chi connectivity index (χ0) is 17.5. The maximum atomic E-state index is 12.5. The van der Waals surface area contributed by atoms with Crippen molar-refractivity contribution in [3.8, 4) is 0 Å². The molecule has 2 heterocycles. The van der Waals surface area contributed by atoms with Crippen molar-refractivity contribution in [1.29, 1.82) is 0 Å². The lowest BCUT2D eigenvalue weighted by atomic mass is 9.81. The van der Waals surface area contributed by atoms with Gasteiger partial charge < -0.3 is 10.6 Å². The minimum Gasteiger partial charge on any atom is -0.350 e. The van der Waals surface area contributed by atoms with Crippen molar-refractivity contribution in [1.82, 2.24) is 15.1 Å². The lowest BCUT2D eigenvalue weighted by molar-refractivity contribution is 0.0932. The van der Waals surface area contributed by atoms with Crippen LogP contribution in [0.4, 0.5) is 5.82 Å². The Morgan fingerprint density at radius 3 is 2.73 bits per heavy atom. The third-order valence-electron chi connectivity index (χ3n) is 6.19. The molecule has 1 aromatic heterocycles. The highest BCUT2D eigenvalue weighted by atomic mass is 16.2. The van der Waals surface area contributed by atoms with Crippen LogP contribution >= 0.6 is 0 Å². The molecule has 1 amide bonds. The normalized spacial score (nSPS) is 28.2. The molecule has 0 saturated heterocycles. The molecule has 5 nitrogen and oxygen atoms in total. The number of benzene rings is 1. The minimum absolute atomic E-state index is 0.0195. The van der Waals surface area contributed by atoms with Crippen LogP contribution in [0.5, 0.6) is 0 Å². The summed E-state index contributed by atoms with van der Waals surface area (Å²) in [6.07, 6.45) is 10.1. The predicted octanol–water partition coefficient (Wildman–Crippen LogP) is 4.06. The number of fused-ring (bicyclic) bond motifs is 1. The molecule has 26 heavy (non-hydrogen) atoms. The van der Waals surface area contributed by atoms with E-state index in [0.717, 1.165) is 31.0 Å². The zero-order valence-corrected chi connectivity index (χ0v) is 15.0. The van der Waals surface area contributed by atoms with Crippen LogP contribution in [0.15, 0.2) is 36.5 Å². The van der Waals surface area contributed by atoms with Crippen LogP contribution in [0.2, 0.25) is 0 Å². The first-order valence-electron chi connectivity index (χ1n) is 9.98. The number of hydrogen-bond acceptors (Lipinski definition) is 3. The first-order valence-corrected chi connectivity index (χ1v) is 9.98. The third kappa shape index (κ3) is 3.00. The maximum absolute atomic E-state index is 12.5. The van der Waals surface area contributed by atoms with Crippen molar-refractivity contribution in [3.05, 3.63) is 47.7 Å². The average Bonchev–Trinajstić information content (AvgIpc) is 3.38. The van der Waals surface area contributed by atoms with E-state index in [0.29, 0.717) is 17.5 Å². The maximum Gasteiger partial charge on any atom is 0.258 e. The van der Waals surface area contributed by atoms with Gasteiger partial charge in [-0.1, -0.05) is 49.6 Å². The Bertz CT molecular complexity index is 796. The molecule has 2 N–H and O–H groups in total. The largest absolute Gasteiger partial charge is 0.350 e. The molecular formula is C21H26N4O. The monoisotopic (exact) mass is 350 g/mol. The summed E-state index contributed by atoms with van der Waals surface area (Å²) in [6, 6.07) is 11.2. The van der Waals surface area contributed by atoms with Crippen LogP contribution in [-0.4, -0.2) is 21.9 Å². The van der Waals surface area contributed by atoms with Crippen molar-refractivity contribution in [2.24, 2.45) is 5.92 Å². The van der Waals surface area contributed by atoms with Gasteiger partial charge in [-0.2, -0.15) is 5.10 Å². The number of rotatable bonds is 4. The molecule has 0 radical (unpaired) electrons. The molecule has 136 valence electrons. The Hall–Kier alpha value is -2.30. The summed E-state index contributed by atoms with van der Waals surface area (Å²) >= 11 is 0. The van der Waals surface area contributed by atoms with Gasteiger partial charge in [-0.05, 0) is 43.1 Å². The summed E-state index contributed by atoms with van der Waals surface area (Å²) in [7, 11) is 0. The molecule has 3 atom stereocenters. The highest BCUT2D eigenvalue weighted by Crippen LogP contribution is 2.41. The molecule has 5 heteroatoms. The summed E-state index contributed by atoms with van der Waals surface area (Å²) in [5, 5.41) is 11.3. The van der Waals surface area contributed by atoms with Gasteiger partial charge >= 0.3 is 0 Å². The Balaban J connectivity index is 1.38. The molecule has 1 aromatic carbocycles. The van der Waals surface area contributed by atoms with E-state index >= 15 is 0 Å². The Morgan fingerprint density at radius 1 is 1.08 bits per heavy atom. The summed E-state index contributed by atoms with van der Waals surface area (Å²) in [4.78, 5) is 12.5. The van der Waals surface area contributed by atoms with Gasteiger partial charge in [-0.25, -0.2) is 4.68 Å². The van der Waals surface area contributed by atoms with E-state index in [4.69, 9.17) is 0 Å². The molecule has 0 spiro atoms. The summed E-state index contributed by atoms with van der Waals surface area (Å²) < 4.78 is 2.10. The molecule has 2 fully saturated rings. The summed E-state index contributed by atoms with van der Waals surface area (Å²) in [6.45, 7) is 0. The molecule has 3 unspecified atom stereocenters. The van der Waals surface area contributed by atoms with Gasteiger partial charge in [0.05, 0.1) is 12.2 Å². The van der Waals surface area contributed by atoms with Crippen LogP contribution in [0.25, 0.3) is 0 Å². The van der Waals surface area contributed by atoms with Gasteiger partial charge in [-0.3, -0.25) is 4.79 Å². The fourth-order valence-corrected chi connectivity index (χ4v) is 4.61. The van der Waals surface area contributed by atoms with E-state index in [1.165, 1.54) is 31.2 Å². The number of carbonyl (C=O) groups is 1. The predicted molar refractivity (Wildman–Crippen MR) is 101 cm³/mol. The fraction of sp³-hybridized carbons (Fsp3) is 0.524. The van der Waals surface area contributed by atoms with Crippen LogP contribution in [0.3, 0.4) is 0 Å². The summed E-state index contributed by atoms with van der Waals surface area (Å²) in [5.74, 6) is 2.29. The molecule has 2 aliphatic carbocycles. The van der Waals surface area contributed by atoms with Gasteiger partial charge in [0.1, 0.15) is 17.5 Å². The molecule has 2 saturated carbocycles. The van der Waals surface area contributed by atoms with Crippen molar-refractivity contribution in [3.63, 3.8) is 0 Å². The van der Waals surface area contributed by atoms with Gasteiger partial charge in [0.2, 0.25) is 0 Å². The third-order valence-corrected chi connectivity index (χ3v) is 6.19. The Morgan fingerprint density at radius 2 is 1.92 bits per heavy atom. The van der Waals surface area contributed by atoms with Crippen molar-refractivity contribution < 1.29 is 4.79 Å². The number of anilines is 1. The Labute approximate surface area is 154 Å². The van der Waals surface area contributed by atoms with Crippen LogP contribution < -0.4 is 10.6 Å². The lowest BCUT2D eigenvalue weighted by Gasteiger charge is -2.33. The highest BCUT2D eigenvalue weighted by molar-refractivity contribution is 6.00. The smallest absolute Gasteiger partial charge is 0.258 e. The highest BCUT2D eigenvalue weighted by Gasteiger charge is 2.34. The number of nitrogens with zero attached hydrogens (tertiary/aromatic N) is 2. The van der Waals surface area contributed by atoms with E-state index in [-0.39, 0.29) is 12.1 Å². The van der Waals surface area contributed by atoms with Crippen molar-refractivity contribution in [2.75, 3.05) is 5.32 Å². The van der Waals surface area contributed by atoms with E-state index < -0.39 is 0 Å². The van der Waals surface area contributed by atoms with Crippen LogP contribution in [0, 0.1) is 5.92 Å². The topological polar surface area (TPSA) is 59.0 Å². The van der Waals surface area contributed by atoms with E-state index in [9.17, 15) is 4.79 Å². The molecule has 0 bridgehead atoms. The molecular weight excluding hydrogens is 324 g/mol. The molecule has 2 aromatic rings. The SMILES string of the molecule is O=C1NC(CC2CC2)Nc2c1cnn2C1CCCC(c2ccccc2)C1. The number of aromatic nitrogens is 2.